The van der Waals surface area contributed by atoms with Crippen LogP contribution < -0.4 is 5.32 Å². The highest BCUT2D eigenvalue weighted by molar-refractivity contribution is 5.75. The van der Waals surface area contributed by atoms with E-state index >= 15 is 0 Å². The Morgan fingerprint density at radius 1 is 1.80 bits per heavy atom. The molecule has 1 heterocycles. The fourth-order valence-electron chi connectivity index (χ4n) is 0.729. The molecule has 1 aliphatic rings. The van der Waals surface area contributed by atoms with Crippen molar-refractivity contribution in [2.75, 3.05) is 13.2 Å². The summed E-state index contributed by atoms with van der Waals surface area (Å²) in [5.74, 6) is 0.137. The molecule has 1 atom stereocenters. The molecule has 3 heteroatoms. The second-order valence-corrected chi connectivity index (χ2v) is 2.51. The zero-order valence-electron chi connectivity index (χ0n) is 6.22. The van der Waals surface area contributed by atoms with Gasteiger partial charge >= 0.3 is 0 Å². The first-order chi connectivity index (χ1) is 4.83. The maximum Gasteiger partial charge on any atom is 0.220 e. The number of ether oxygens (including phenoxy) is 1. The number of carbonyl (C=O) groups excluding carboxylic acids is 1. The molecule has 0 aliphatic carbocycles. The van der Waals surface area contributed by atoms with E-state index in [4.69, 9.17) is 4.74 Å². The normalized spacial score (nSPS) is 22.3. The Balaban J connectivity index is 1.94. The molecule has 1 unspecified atom stereocenters. The molecule has 0 aromatic rings. The lowest BCUT2D eigenvalue weighted by Gasteiger charge is -1.99. The van der Waals surface area contributed by atoms with Crippen LogP contribution >= 0.6 is 0 Å². The van der Waals surface area contributed by atoms with Crippen LogP contribution in [0.5, 0.6) is 0 Å². The van der Waals surface area contributed by atoms with E-state index in [-0.39, 0.29) is 5.91 Å². The molecule has 1 aliphatic heterocycles. The van der Waals surface area contributed by atoms with Gasteiger partial charge < -0.3 is 10.1 Å². The van der Waals surface area contributed by atoms with Crippen molar-refractivity contribution in [1.82, 2.24) is 5.32 Å². The Morgan fingerprint density at radius 3 is 3.00 bits per heavy atom. The molecule has 3 nitrogen and oxygen atoms in total. The summed E-state index contributed by atoms with van der Waals surface area (Å²) >= 11 is 0. The highest BCUT2D eigenvalue weighted by Gasteiger charge is 2.22. The highest BCUT2D eigenvalue weighted by Crippen LogP contribution is 2.06. The van der Waals surface area contributed by atoms with Crippen LogP contribution in [0.25, 0.3) is 0 Å². The zero-order chi connectivity index (χ0) is 7.40. The van der Waals surface area contributed by atoms with Crippen molar-refractivity contribution in [2.24, 2.45) is 0 Å². The van der Waals surface area contributed by atoms with Gasteiger partial charge in [0.05, 0.1) is 12.7 Å². The van der Waals surface area contributed by atoms with Crippen LogP contribution in [0.2, 0.25) is 0 Å². The van der Waals surface area contributed by atoms with Crippen molar-refractivity contribution in [1.29, 1.82) is 0 Å². The smallest absolute Gasteiger partial charge is 0.220 e. The Kier molecular flexibility index (Phi) is 2.68. The molecule has 0 bridgehead atoms. The number of nitrogens with one attached hydrogen (secondary N) is 1. The Hall–Kier alpha value is -0.570. The van der Waals surface area contributed by atoms with E-state index in [1.165, 1.54) is 0 Å². The standard InChI is InChI=1S/C7H13NO2/c1-2-3-7(9)8-4-6-5-10-6/h6H,2-5H2,1H3,(H,8,9). The minimum Gasteiger partial charge on any atom is -0.371 e. The van der Waals surface area contributed by atoms with Gasteiger partial charge in [-0.1, -0.05) is 6.92 Å². The van der Waals surface area contributed by atoms with Gasteiger partial charge in [0, 0.05) is 13.0 Å². The van der Waals surface area contributed by atoms with Gasteiger partial charge in [0.15, 0.2) is 0 Å². The fourth-order valence-corrected chi connectivity index (χ4v) is 0.729. The SMILES string of the molecule is CCCC(=O)NCC1CO1. The molecule has 0 aromatic heterocycles. The molecular weight excluding hydrogens is 130 g/mol. The fraction of sp³-hybridized carbons (Fsp3) is 0.857. The summed E-state index contributed by atoms with van der Waals surface area (Å²) in [5.41, 5.74) is 0. The molecule has 1 N–H and O–H groups in total. The van der Waals surface area contributed by atoms with E-state index < -0.39 is 0 Å². The third-order valence-electron chi connectivity index (χ3n) is 1.41. The minimum atomic E-state index is 0.137. The third kappa shape index (κ3) is 2.82. The van der Waals surface area contributed by atoms with Crippen molar-refractivity contribution in [2.45, 2.75) is 25.9 Å². The highest BCUT2D eigenvalue weighted by atomic mass is 16.6. The Labute approximate surface area is 60.7 Å². The Bertz CT molecular complexity index is 121. The second-order valence-electron chi connectivity index (χ2n) is 2.51. The Morgan fingerprint density at radius 2 is 2.50 bits per heavy atom. The lowest BCUT2D eigenvalue weighted by molar-refractivity contribution is -0.121. The van der Waals surface area contributed by atoms with E-state index in [1.807, 2.05) is 6.92 Å². The number of hydrogen-bond donors (Lipinski definition) is 1. The maximum absolute atomic E-state index is 10.8. The average molecular weight is 143 g/mol. The van der Waals surface area contributed by atoms with Gasteiger partial charge in [0.2, 0.25) is 5.91 Å². The van der Waals surface area contributed by atoms with Crippen molar-refractivity contribution in [3.05, 3.63) is 0 Å². The van der Waals surface area contributed by atoms with Crippen LogP contribution in [0.1, 0.15) is 19.8 Å². The summed E-state index contributed by atoms with van der Waals surface area (Å²) in [6.45, 7) is 3.50. The molecular formula is C7H13NO2. The van der Waals surface area contributed by atoms with Gasteiger partial charge in [-0.25, -0.2) is 0 Å². The minimum absolute atomic E-state index is 0.137. The molecule has 0 aromatic carbocycles. The lowest BCUT2D eigenvalue weighted by Crippen LogP contribution is -2.26. The van der Waals surface area contributed by atoms with Gasteiger partial charge in [0.1, 0.15) is 0 Å². The predicted octanol–water partition coefficient (Wildman–Crippen LogP) is 0.301. The molecule has 58 valence electrons. The summed E-state index contributed by atoms with van der Waals surface area (Å²) < 4.78 is 4.92. The summed E-state index contributed by atoms with van der Waals surface area (Å²) in [5, 5.41) is 2.78. The van der Waals surface area contributed by atoms with E-state index in [9.17, 15) is 4.79 Å². The zero-order valence-corrected chi connectivity index (χ0v) is 6.22. The quantitative estimate of drug-likeness (QED) is 0.575. The van der Waals surface area contributed by atoms with Crippen molar-refractivity contribution >= 4 is 5.91 Å². The molecule has 0 radical (unpaired) electrons. The maximum atomic E-state index is 10.8. The van der Waals surface area contributed by atoms with Crippen LogP contribution in [0.4, 0.5) is 0 Å². The van der Waals surface area contributed by atoms with Crippen LogP contribution in [0, 0.1) is 0 Å². The predicted molar refractivity (Wildman–Crippen MR) is 37.7 cm³/mol. The second kappa shape index (κ2) is 3.56. The van der Waals surface area contributed by atoms with Crippen LogP contribution in [0.15, 0.2) is 0 Å². The van der Waals surface area contributed by atoms with Gasteiger partial charge in [-0.3, -0.25) is 4.79 Å². The van der Waals surface area contributed by atoms with Gasteiger partial charge in [0.25, 0.3) is 0 Å². The topological polar surface area (TPSA) is 41.6 Å². The van der Waals surface area contributed by atoms with Gasteiger partial charge in [-0.05, 0) is 6.42 Å². The summed E-state index contributed by atoms with van der Waals surface area (Å²) in [6.07, 6.45) is 1.85. The molecule has 1 saturated heterocycles. The largest absolute Gasteiger partial charge is 0.371 e. The van der Waals surface area contributed by atoms with E-state index in [2.05, 4.69) is 5.32 Å². The van der Waals surface area contributed by atoms with E-state index in [0.29, 0.717) is 19.1 Å². The summed E-state index contributed by atoms with van der Waals surface area (Å²) in [6, 6.07) is 0. The molecule has 1 amide bonds. The van der Waals surface area contributed by atoms with E-state index in [0.717, 1.165) is 13.0 Å². The summed E-state index contributed by atoms with van der Waals surface area (Å²) in [4.78, 5) is 10.8. The number of amides is 1. The molecule has 0 spiro atoms. The van der Waals surface area contributed by atoms with Crippen molar-refractivity contribution < 1.29 is 9.53 Å². The van der Waals surface area contributed by atoms with Crippen molar-refractivity contribution in [3.63, 3.8) is 0 Å². The molecule has 1 rings (SSSR count). The number of hydrogen-bond acceptors (Lipinski definition) is 2. The number of rotatable bonds is 4. The number of carbonyl (C=O) groups is 1. The summed E-state index contributed by atoms with van der Waals surface area (Å²) in [7, 11) is 0. The van der Waals surface area contributed by atoms with Crippen molar-refractivity contribution in [3.8, 4) is 0 Å². The number of epoxide rings is 1. The first-order valence-corrected chi connectivity index (χ1v) is 3.71. The molecule has 10 heavy (non-hydrogen) atoms. The molecule has 0 saturated carbocycles. The van der Waals surface area contributed by atoms with Crippen LogP contribution in [-0.4, -0.2) is 25.2 Å². The first-order valence-electron chi connectivity index (χ1n) is 3.71. The first kappa shape index (κ1) is 7.54. The lowest BCUT2D eigenvalue weighted by atomic mass is 10.3. The molecule has 1 fully saturated rings. The van der Waals surface area contributed by atoms with Crippen LogP contribution in [-0.2, 0) is 9.53 Å². The van der Waals surface area contributed by atoms with Gasteiger partial charge in [-0.2, -0.15) is 0 Å². The van der Waals surface area contributed by atoms with E-state index in [1.54, 1.807) is 0 Å². The third-order valence-corrected chi connectivity index (χ3v) is 1.41. The van der Waals surface area contributed by atoms with Crippen LogP contribution in [0.3, 0.4) is 0 Å². The van der Waals surface area contributed by atoms with Gasteiger partial charge in [-0.15, -0.1) is 0 Å². The average Bonchev–Trinajstić information content (AvgIpc) is 2.67. The monoisotopic (exact) mass is 143 g/mol.